The van der Waals surface area contributed by atoms with Gasteiger partial charge < -0.3 is 15.4 Å². The van der Waals surface area contributed by atoms with Crippen molar-refractivity contribution in [1.82, 2.24) is 10.6 Å². The Balaban J connectivity index is 4.23. The van der Waals surface area contributed by atoms with E-state index in [0.717, 1.165) is 0 Å². The summed E-state index contributed by atoms with van der Waals surface area (Å²) < 4.78 is 4.58. The van der Waals surface area contributed by atoms with Gasteiger partial charge in [-0.05, 0) is 13.0 Å². The van der Waals surface area contributed by atoms with E-state index in [4.69, 9.17) is 0 Å². The quantitative estimate of drug-likeness (QED) is 0.591. The number of methoxy groups -OCH3 is 1. The van der Waals surface area contributed by atoms with Gasteiger partial charge in [-0.3, -0.25) is 4.79 Å². The van der Waals surface area contributed by atoms with Crippen LogP contribution in [0.1, 0.15) is 13.8 Å². The normalized spacial score (nSPS) is 12.4. The Kier molecular flexibility index (Phi) is 5.87. The van der Waals surface area contributed by atoms with Gasteiger partial charge in [-0.2, -0.15) is 0 Å². The van der Waals surface area contributed by atoms with Crippen LogP contribution in [0.5, 0.6) is 0 Å². The molecule has 0 spiro atoms. The van der Waals surface area contributed by atoms with Crippen molar-refractivity contribution in [3.05, 3.63) is 0 Å². The number of carbonyl (C=O) groups is 2. The number of likely N-dealkylation sites (N-methyl/N-ethyl adjacent to an activating group) is 1. The van der Waals surface area contributed by atoms with Crippen LogP contribution in [0.4, 0.5) is 0 Å². The molecule has 0 aliphatic heterocycles. The molecule has 2 N–H and O–H groups in total. The summed E-state index contributed by atoms with van der Waals surface area (Å²) in [6.45, 7) is 3.89. The fourth-order valence-corrected chi connectivity index (χ4v) is 1.01. The lowest BCUT2D eigenvalue weighted by atomic mass is 10.0. The summed E-state index contributed by atoms with van der Waals surface area (Å²) >= 11 is 0. The van der Waals surface area contributed by atoms with E-state index in [0.29, 0.717) is 0 Å². The molecule has 0 radical (unpaired) electrons. The molecule has 0 unspecified atom stereocenters. The van der Waals surface area contributed by atoms with Crippen molar-refractivity contribution < 1.29 is 14.3 Å². The second-order valence-electron chi connectivity index (χ2n) is 3.34. The van der Waals surface area contributed by atoms with E-state index in [1.807, 2.05) is 13.8 Å². The Hall–Kier alpha value is -1.10. The third-order valence-corrected chi connectivity index (χ3v) is 1.78. The lowest BCUT2D eigenvalue weighted by Crippen LogP contribution is -2.47. The van der Waals surface area contributed by atoms with Crippen LogP contribution in [0.15, 0.2) is 0 Å². The second kappa shape index (κ2) is 6.37. The average Bonchev–Trinajstić information content (AvgIpc) is 2.13. The first-order valence-electron chi connectivity index (χ1n) is 4.54. The summed E-state index contributed by atoms with van der Waals surface area (Å²) in [5.74, 6) is -0.607. The molecule has 1 amide bonds. The summed E-state index contributed by atoms with van der Waals surface area (Å²) in [5.41, 5.74) is 0. The van der Waals surface area contributed by atoms with Gasteiger partial charge in [0.15, 0.2) is 0 Å². The van der Waals surface area contributed by atoms with Crippen LogP contribution in [-0.4, -0.2) is 38.6 Å². The van der Waals surface area contributed by atoms with E-state index >= 15 is 0 Å². The first-order chi connectivity index (χ1) is 6.52. The minimum absolute atomic E-state index is 0.0169. The fraction of sp³-hybridized carbons (Fsp3) is 0.778. The SMILES string of the molecule is CNCC(=O)N[C@H](C(=O)OC)C(C)C. The zero-order valence-corrected chi connectivity index (χ0v) is 9.09. The molecular weight excluding hydrogens is 184 g/mol. The number of ether oxygens (including phenoxy) is 1. The van der Waals surface area contributed by atoms with Crippen LogP contribution in [-0.2, 0) is 14.3 Å². The van der Waals surface area contributed by atoms with Crippen molar-refractivity contribution in [2.24, 2.45) is 5.92 Å². The van der Waals surface area contributed by atoms with Crippen molar-refractivity contribution in [1.29, 1.82) is 0 Å². The standard InChI is InChI=1S/C9H18N2O3/c1-6(2)8(9(13)14-4)11-7(12)5-10-3/h6,8,10H,5H2,1-4H3,(H,11,12)/t8-/m0/s1. The smallest absolute Gasteiger partial charge is 0.328 e. The van der Waals surface area contributed by atoms with E-state index in [9.17, 15) is 9.59 Å². The van der Waals surface area contributed by atoms with Gasteiger partial charge in [-0.15, -0.1) is 0 Å². The van der Waals surface area contributed by atoms with Gasteiger partial charge in [0.1, 0.15) is 6.04 Å². The highest BCUT2D eigenvalue weighted by Gasteiger charge is 2.24. The number of hydrogen-bond donors (Lipinski definition) is 2. The average molecular weight is 202 g/mol. The summed E-state index contributed by atoms with van der Waals surface area (Å²) in [6.07, 6.45) is 0. The Bertz CT molecular complexity index is 204. The number of carbonyl (C=O) groups excluding carboxylic acids is 2. The molecule has 5 nitrogen and oxygen atoms in total. The zero-order chi connectivity index (χ0) is 11.1. The lowest BCUT2D eigenvalue weighted by molar-refractivity contribution is -0.146. The molecule has 0 aliphatic carbocycles. The number of nitrogens with one attached hydrogen (secondary N) is 2. The molecule has 5 heteroatoms. The minimum Gasteiger partial charge on any atom is -0.467 e. The Morgan fingerprint density at radius 3 is 2.29 bits per heavy atom. The van der Waals surface area contributed by atoms with E-state index in [2.05, 4.69) is 15.4 Å². The highest BCUT2D eigenvalue weighted by Crippen LogP contribution is 2.02. The number of hydrogen-bond acceptors (Lipinski definition) is 4. The fourth-order valence-electron chi connectivity index (χ4n) is 1.01. The Morgan fingerprint density at radius 2 is 1.93 bits per heavy atom. The largest absolute Gasteiger partial charge is 0.467 e. The highest BCUT2D eigenvalue weighted by molar-refractivity contribution is 5.85. The summed E-state index contributed by atoms with van der Waals surface area (Å²) in [7, 11) is 2.98. The molecule has 14 heavy (non-hydrogen) atoms. The van der Waals surface area contributed by atoms with Gasteiger partial charge in [0.25, 0.3) is 0 Å². The molecule has 82 valence electrons. The third kappa shape index (κ3) is 4.23. The van der Waals surface area contributed by atoms with Crippen molar-refractivity contribution in [3.63, 3.8) is 0 Å². The summed E-state index contributed by atoms with van der Waals surface area (Å²) in [6, 6.07) is -0.569. The van der Waals surface area contributed by atoms with Crippen LogP contribution in [0, 0.1) is 5.92 Å². The lowest BCUT2D eigenvalue weighted by Gasteiger charge is -2.19. The predicted molar refractivity (Wildman–Crippen MR) is 52.7 cm³/mol. The van der Waals surface area contributed by atoms with Gasteiger partial charge in [0.2, 0.25) is 5.91 Å². The minimum atomic E-state index is -0.569. The Labute approximate surface area is 84.2 Å². The van der Waals surface area contributed by atoms with E-state index in [1.54, 1.807) is 7.05 Å². The number of amides is 1. The van der Waals surface area contributed by atoms with Crippen LogP contribution >= 0.6 is 0 Å². The van der Waals surface area contributed by atoms with Gasteiger partial charge >= 0.3 is 5.97 Å². The Morgan fingerprint density at radius 1 is 1.36 bits per heavy atom. The molecule has 0 aromatic rings. The predicted octanol–water partition coefficient (Wildman–Crippen LogP) is -0.480. The molecule has 0 rings (SSSR count). The van der Waals surface area contributed by atoms with E-state index in [1.165, 1.54) is 7.11 Å². The molecule has 0 aliphatic rings. The maximum atomic E-state index is 11.2. The molecule has 0 saturated heterocycles. The summed E-state index contributed by atoms with van der Waals surface area (Å²) in [4.78, 5) is 22.4. The molecule has 0 bridgehead atoms. The number of esters is 1. The van der Waals surface area contributed by atoms with E-state index in [-0.39, 0.29) is 18.4 Å². The van der Waals surface area contributed by atoms with E-state index < -0.39 is 12.0 Å². The molecule has 0 fully saturated rings. The van der Waals surface area contributed by atoms with Gasteiger partial charge in [0, 0.05) is 0 Å². The molecule has 0 aromatic heterocycles. The van der Waals surface area contributed by atoms with Crippen LogP contribution < -0.4 is 10.6 Å². The van der Waals surface area contributed by atoms with Gasteiger partial charge in [-0.25, -0.2) is 4.79 Å². The highest BCUT2D eigenvalue weighted by atomic mass is 16.5. The van der Waals surface area contributed by atoms with Gasteiger partial charge in [-0.1, -0.05) is 13.8 Å². The molecule has 0 heterocycles. The number of rotatable bonds is 5. The molecule has 0 saturated carbocycles. The summed E-state index contributed by atoms with van der Waals surface area (Å²) in [5, 5.41) is 5.30. The topological polar surface area (TPSA) is 67.4 Å². The molecule has 0 aromatic carbocycles. The zero-order valence-electron chi connectivity index (χ0n) is 9.09. The maximum absolute atomic E-state index is 11.2. The first-order valence-corrected chi connectivity index (χ1v) is 4.54. The van der Waals surface area contributed by atoms with Crippen LogP contribution in [0.25, 0.3) is 0 Å². The second-order valence-corrected chi connectivity index (χ2v) is 3.34. The van der Waals surface area contributed by atoms with Crippen LogP contribution in [0.2, 0.25) is 0 Å². The van der Waals surface area contributed by atoms with Crippen molar-refractivity contribution in [3.8, 4) is 0 Å². The molecular formula is C9H18N2O3. The third-order valence-electron chi connectivity index (χ3n) is 1.78. The van der Waals surface area contributed by atoms with Crippen molar-refractivity contribution >= 4 is 11.9 Å². The van der Waals surface area contributed by atoms with Gasteiger partial charge in [0.05, 0.1) is 13.7 Å². The maximum Gasteiger partial charge on any atom is 0.328 e. The first kappa shape index (κ1) is 12.9. The van der Waals surface area contributed by atoms with Crippen molar-refractivity contribution in [2.75, 3.05) is 20.7 Å². The monoisotopic (exact) mass is 202 g/mol. The molecule has 1 atom stereocenters. The van der Waals surface area contributed by atoms with Crippen molar-refractivity contribution in [2.45, 2.75) is 19.9 Å². The van der Waals surface area contributed by atoms with Crippen LogP contribution in [0.3, 0.4) is 0 Å².